The van der Waals surface area contributed by atoms with Gasteiger partial charge < -0.3 is 20.5 Å². The largest absolute Gasteiger partial charge is 0.481 e. The van der Waals surface area contributed by atoms with Crippen LogP contribution in [-0.2, 0) is 14.3 Å². The average Bonchev–Trinajstić information content (AvgIpc) is 3.16. The maximum atomic E-state index is 12.9. The SMILES string of the molecule is Cc1cnc(C)c(NC(=O)C(CCC(=O)O)NC(=O)OCC2c3ccccc3-c3ccccc32)c1. The van der Waals surface area contributed by atoms with E-state index in [9.17, 15) is 14.4 Å². The molecule has 0 radical (unpaired) electrons. The van der Waals surface area contributed by atoms with Gasteiger partial charge in [-0.05, 0) is 54.2 Å². The Kier molecular flexibility index (Phi) is 7.10. The highest BCUT2D eigenvalue weighted by Gasteiger charge is 2.30. The van der Waals surface area contributed by atoms with E-state index < -0.39 is 24.0 Å². The van der Waals surface area contributed by atoms with E-state index >= 15 is 0 Å². The number of anilines is 1. The minimum Gasteiger partial charge on any atom is -0.481 e. The van der Waals surface area contributed by atoms with Crippen LogP contribution in [0.2, 0.25) is 0 Å². The lowest BCUT2D eigenvalue weighted by atomic mass is 9.98. The molecule has 0 bridgehead atoms. The molecule has 3 aromatic rings. The van der Waals surface area contributed by atoms with Crippen LogP contribution in [0, 0.1) is 13.8 Å². The molecule has 0 saturated heterocycles. The number of ether oxygens (including phenoxy) is 1. The monoisotopic (exact) mass is 473 g/mol. The van der Waals surface area contributed by atoms with Crippen LogP contribution in [0.15, 0.2) is 60.8 Å². The van der Waals surface area contributed by atoms with Crippen molar-refractivity contribution < 1.29 is 24.2 Å². The Balaban J connectivity index is 1.44. The first-order valence-corrected chi connectivity index (χ1v) is 11.4. The number of aliphatic carboxylic acids is 1. The van der Waals surface area contributed by atoms with Gasteiger partial charge in [0.1, 0.15) is 12.6 Å². The van der Waals surface area contributed by atoms with E-state index in [4.69, 9.17) is 9.84 Å². The van der Waals surface area contributed by atoms with Crippen LogP contribution in [0.1, 0.15) is 41.1 Å². The van der Waals surface area contributed by atoms with Crippen molar-refractivity contribution in [3.05, 3.63) is 83.2 Å². The van der Waals surface area contributed by atoms with Crippen molar-refractivity contribution in [2.24, 2.45) is 0 Å². The summed E-state index contributed by atoms with van der Waals surface area (Å²) < 4.78 is 5.53. The lowest BCUT2D eigenvalue weighted by Crippen LogP contribution is -2.44. The fraction of sp³-hybridized carbons (Fsp3) is 0.259. The molecular formula is C27H27N3O5. The lowest BCUT2D eigenvalue weighted by Gasteiger charge is -2.20. The molecule has 35 heavy (non-hydrogen) atoms. The van der Waals surface area contributed by atoms with E-state index in [0.29, 0.717) is 11.4 Å². The number of carboxylic acid groups (broad SMARTS) is 1. The topological polar surface area (TPSA) is 118 Å². The van der Waals surface area contributed by atoms with Gasteiger partial charge in [0.15, 0.2) is 0 Å². The van der Waals surface area contributed by atoms with Crippen molar-refractivity contribution in [1.82, 2.24) is 10.3 Å². The zero-order chi connectivity index (χ0) is 24.9. The standard InChI is InChI=1S/C27H27N3O5/c1-16-13-24(17(2)28-14-16)29-26(33)23(11-12-25(31)32)30-27(34)35-15-22-20-9-5-3-7-18(20)19-8-4-6-10-21(19)22/h3-10,13-14,22-23H,11-12,15H2,1-2H3,(H,29,33)(H,30,34)(H,31,32). The highest BCUT2D eigenvalue weighted by atomic mass is 16.5. The maximum absolute atomic E-state index is 12.9. The van der Waals surface area contributed by atoms with Crippen molar-refractivity contribution in [3.63, 3.8) is 0 Å². The summed E-state index contributed by atoms with van der Waals surface area (Å²) in [7, 11) is 0. The molecule has 3 N–H and O–H groups in total. The first-order valence-electron chi connectivity index (χ1n) is 11.4. The normalized spacial score (nSPS) is 12.9. The number of alkyl carbamates (subject to hydrolysis) is 1. The molecule has 1 aliphatic rings. The van der Waals surface area contributed by atoms with E-state index in [1.54, 1.807) is 19.2 Å². The molecule has 4 rings (SSSR count). The van der Waals surface area contributed by atoms with Crippen LogP contribution in [0.25, 0.3) is 11.1 Å². The number of amides is 2. The molecule has 1 aromatic heterocycles. The molecule has 0 saturated carbocycles. The Morgan fingerprint density at radius 1 is 1.03 bits per heavy atom. The van der Waals surface area contributed by atoms with E-state index in [1.807, 2.05) is 55.5 Å². The average molecular weight is 474 g/mol. The number of hydrogen-bond donors (Lipinski definition) is 3. The number of carboxylic acids is 1. The molecule has 2 amide bonds. The van der Waals surface area contributed by atoms with Crippen molar-refractivity contribution >= 4 is 23.7 Å². The molecule has 1 heterocycles. The zero-order valence-electron chi connectivity index (χ0n) is 19.6. The Bertz CT molecular complexity index is 1230. The summed E-state index contributed by atoms with van der Waals surface area (Å²) in [4.78, 5) is 40.9. The molecule has 180 valence electrons. The molecular weight excluding hydrogens is 446 g/mol. The first kappa shape index (κ1) is 23.9. The molecule has 1 unspecified atom stereocenters. The van der Waals surface area contributed by atoms with Gasteiger partial charge in [-0.15, -0.1) is 0 Å². The molecule has 0 fully saturated rings. The summed E-state index contributed by atoms with van der Waals surface area (Å²) in [6, 6.07) is 16.7. The van der Waals surface area contributed by atoms with Crippen LogP contribution < -0.4 is 10.6 Å². The van der Waals surface area contributed by atoms with Gasteiger partial charge in [0.05, 0.1) is 11.4 Å². The van der Waals surface area contributed by atoms with E-state index in [1.165, 1.54) is 0 Å². The number of pyridine rings is 1. The van der Waals surface area contributed by atoms with E-state index in [2.05, 4.69) is 15.6 Å². The predicted molar refractivity (Wildman–Crippen MR) is 131 cm³/mol. The number of carbonyl (C=O) groups excluding carboxylic acids is 2. The summed E-state index contributed by atoms with van der Waals surface area (Å²) in [6.07, 6.45) is 0.537. The molecule has 8 heteroatoms. The number of nitrogens with one attached hydrogen (secondary N) is 2. The third kappa shape index (κ3) is 5.48. The highest BCUT2D eigenvalue weighted by Crippen LogP contribution is 2.44. The molecule has 1 aliphatic carbocycles. The Morgan fingerprint density at radius 3 is 2.29 bits per heavy atom. The van der Waals surface area contributed by atoms with Gasteiger partial charge in [0.2, 0.25) is 5.91 Å². The Hall–Kier alpha value is -4.20. The van der Waals surface area contributed by atoms with Crippen LogP contribution >= 0.6 is 0 Å². The fourth-order valence-corrected chi connectivity index (χ4v) is 4.30. The summed E-state index contributed by atoms with van der Waals surface area (Å²) in [5.74, 6) is -1.72. The number of fused-ring (bicyclic) bond motifs is 3. The summed E-state index contributed by atoms with van der Waals surface area (Å²) in [5, 5.41) is 14.4. The van der Waals surface area contributed by atoms with Crippen LogP contribution in [-0.4, -0.2) is 40.7 Å². The number of rotatable bonds is 8. The van der Waals surface area contributed by atoms with Gasteiger partial charge in [-0.3, -0.25) is 14.6 Å². The number of aryl methyl sites for hydroxylation is 2. The van der Waals surface area contributed by atoms with Crippen LogP contribution in [0.3, 0.4) is 0 Å². The predicted octanol–water partition coefficient (Wildman–Crippen LogP) is 4.41. The number of benzene rings is 2. The second-order valence-electron chi connectivity index (χ2n) is 8.59. The van der Waals surface area contributed by atoms with Crippen molar-refractivity contribution in [3.8, 4) is 11.1 Å². The molecule has 0 aliphatic heterocycles. The fourth-order valence-electron chi connectivity index (χ4n) is 4.30. The van der Waals surface area contributed by atoms with Gasteiger partial charge in [-0.2, -0.15) is 0 Å². The van der Waals surface area contributed by atoms with Crippen molar-refractivity contribution in [1.29, 1.82) is 0 Å². The molecule has 8 nitrogen and oxygen atoms in total. The summed E-state index contributed by atoms with van der Waals surface area (Å²) >= 11 is 0. The second kappa shape index (κ2) is 10.4. The second-order valence-corrected chi connectivity index (χ2v) is 8.59. The lowest BCUT2D eigenvalue weighted by molar-refractivity contribution is -0.137. The minimum atomic E-state index is -1.08. The molecule has 0 spiro atoms. The number of nitrogens with zero attached hydrogens (tertiary/aromatic N) is 1. The third-order valence-electron chi connectivity index (χ3n) is 6.08. The zero-order valence-corrected chi connectivity index (χ0v) is 19.6. The van der Waals surface area contributed by atoms with Crippen LogP contribution in [0.4, 0.5) is 10.5 Å². The molecule has 1 atom stereocenters. The third-order valence-corrected chi connectivity index (χ3v) is 6.08. The van der Waals surface area contributed by atoms with Crippen molar-refractivity contribution in [2.75, 3.05) is 11.9 Å². The molecule has 2 aromatic carbocycles. The quantitative estimate of drug-likeness (QED) is 0.446. The number of carbonyl (C=O) groups is 3. The smallest absolute Gasteiger partial charge is 0.407 e. The minimum absolute atomic E-state index is 0.0797. The maximum Gasteiger partial charge on any atom is 0.407 e. The number of hydrogen-bond acceptors (Lipinski definition) is 5. The first-order chi connectivity index (χ1) is 16.8. The van der Waals surface area contributed by atoms with Gasteiger partial charge >= 0.3 is 12.1 Å². The highest BCUT2D eigenvalue weighted by molar-refractivity contribution is 5.97. The van der Waals surface area contributed by atoms with Gasteiger partial charge in [0.25, 0.3) is 0 Å². The van der Waals surface area contributed by atoms with Crippen molar-refractivity contribution in [2.45, 2.75) is 38.6 Å². The van der Waals surface area contributed by atoms with Crippen LogP contribution in [0.5, 0.6) is 0 Å². The van der Waals surface area contributed by atoms with E-state index in [-0.39, 0.29) is 25.4 Å². The van der Waals surface area contributed by atoms with Gasteiger partial charge in [0, 0.05) is 18.5 Å². The Morgan fingerprint density at radius 2 is 1.66 bits per heavy atom. The Labute approximate surface area is 203 Å². The summed E-state index contributed by atoms with van der Waals surface area (Å²) in [5.41, 5.74) is 6.34. The van der Waals surface area contributed by atoms with Gasteiger partial charge in [-0.25, -0.2) is 4.79 Å². The summed E-state index contributed by atoms with van der Waals surface area (Å²) in [6.45, 7) is 3.69. The van der Waals surface area contributed by atoms with E-state index in [0.717, 1.165) is 27.8 Å². The number of aromatic nitrogens is 1. The van der Waals surface area contributed by atoms with Gasteiger partial charge in [-0.1, -0.05) is 48.5 Å².